The average Bonchev–Trinajstić information content (AvgIpc) is 2.85. The van der Waals surface area contributed by atoms with Crippen molar-refractivity contribution in [3.8, 4) is 5.75 Å². The van der Waals surface area contributed by atoms with Gasteiger partial charge in [-0.1, -0.05) is 55.8 Å². The predicted molar refractivity (Wildman–Crippen MR) is 138 cm³/mol. The molecule has 1 aliphatic rings. The number of aryl methyl sites for hydroxylation is 2. The Labute approximate surface area is 207 Å². The molecule has 7 heteroatoms. The zero-order valence-electron chi connectivity index (χ0n) is 20.6. The first-order valence-corrected chi connectivity index (χ1v) is 13.4. The van der Waals surface area contributed by atoms with Crippen molar-refractivity contribution < 1.29 is 17.9 Å². The summed E-state index contributed by atoms with van der Waals surface area (Å²) in [6.07, 6.45) is 2.33. The Balaban J connectivity index is 1.59. The molecule has 0 fully saturated rings. The van der Waals surface area contributed by atoms with Gasteiger partial charge in [-0.25, -0.2) is 8.42 Å². The molecule has 1 amide bonds. The molecule has 0 spiro atoms. The number of hydrogen-bond donors (Lipinski definition) is 2. The number of fused-ring (bicyclic) bond motifs is 1. The summed E-state index contributed by atoms with van der Waals surface area (Å²) in [4.78, 5) is 13.5. The van der Waals surface area contributed by atoms with E-state index in [0.29, 0.717) is 17.7 Å². The van der Waals surface area contributed by atoms with Crippen LogP contribution >= 0.6 is 0 Å². The van der Waals surface area contributed by atoms with Crippen LogP contribution in [0.25, 0.3) is 0 Å². The molecule has 0 saturated carbocycles. The molecule has 0 bridgehead atoms. The van der Waals surface area contributed by atoms with E-state index in [1.54, 1.807) is 49.4 Å². The maximum absolute atomic E-state index is 13.3. The molecular formula is C28H32N2O4S. The van der Waals surface area contributed by atoms with Crippen LogP contribution in [0.1, 0.15) is 66.2 Å². The molecule has 6 nitrogen and oxygen atoms in total. The summed E-state index contributed by atoms with van der Waals surface area (Å²) in [5, 5.41) is 3.17. The lowest BCUT2D eigenvalue weighted by Crippen LogP contribution is -2.44. The number of para-hydroxylation sites is 1. The number of sulfonamides is 1. The van der Waals surface area contributed by atoms with Crippen molar-refractivity contribution in [1.29, 1.82) is 0 Å². The molecule has 0 radical (unpaired) electrons. The first kappa shape index (κ1) is 24.8. The van der Waals surface area contributed by atoms with Gasteiger partial charge in [0.15, 0.2) is 0 Å². The number of hydrogen-bond acceptors (Lipinski definition) is 4. The fraction of sp³-hybridized carbons (Fsp3) is 0.321. The SMILES string of the molecule is CCC1(CC)C[C@H](NC(=O)c2ccc(C)c(NS(=O)(=O)c3ccc(C)cc3)c2)c2ccccc2O1. The lowest BCUT2D eigenvalue weighted by atomic mass is 9.83. The number of anilines is 1. The normalized spacial score (nSPS) is 16.6. The zero-order valence-corrected chi connectivity index (χ0v) is 21.4. The van der Waals surface area contributed by atoms with Crippen LogP contribution in [0.2, 0.25) is 0 Å². The topological polar surface area (TPSA) is 84.5 Å². The average molecular weight is 493 g/mol. The van der Waals surface area contributed by atoms with Gasteiger partial charge in [0.25, 0.3) is 15.9 Å². The van der Waals surface area contributed by atoms with E-state index >= 15 is 0 Å². The number of amides is 1. The Bertz CT molecular complexity index is 1330. The Kier molecular flexibility index (Phi) is 6.90. The monoisotopic (exact) mass is 492 g/mol. The highest BCUT2D eigenvalue weighted by atomic mass is 32.2. The van der Waals surface area contributed by atoms with E-state index in [0.717, 1.165) is 35.3 Å². The number of benzene rings is 3. The molecule has 35 heavy (non-hydrogen) atoms. The van der Waals surface area contributed by atoms with Gasteiger partial charge < -0.3 is 10.1 Å². The van der Waals surface area contributed by atoms with Gasteiger partial charge in [-0.05, 0) is 62.6 Å². The minimum absolute atomic E-state index is 0.173. The Hall–Kier alpha value is -3.32. The fourth-order valence-corrected chi connectivity index (χ4v) is 5.59. The summed E-state index contributed by atoms with van der Waals surface area (Å²) in [6.45, 7) is 7.91. The fourth-order valence-electron chi connectivity index (χ4n) is 4.47. The highest BCUT2D eigenvalue weighted by molar-refractivity contribution is 7.92. The smallest absolute Gasteiger partial charge is 0.261 e. The van der Waals surface area contributed by atoms with E-state index in [4.69, 9.17) is 4.74 Å². The molecule has 2 N–H and O–H groups in total. The van der Waals surface area contributed by atoms with E-state index in [9.17, 15) is 13.2 Å². The summed E-state index contributed by atoms with van der Waals surface area (Å²) < 4.78 is 34.8. The molecule has 184 valence electrons. The van der Waals surface area contributed by atoms with Gasteiger partial charge >= 0.3 is 0 Å². The van der Waals surface area contributed by atoms with Crippen molar-refractivity contribution in [2.24, 2.45) is 0 Å². The molecule has 0 aliphatic carbocycles. The highest BCUT2D eigenvalue weighted by Gasteiger charge is 2.39. The van der Waals surface area contributed by atoms with Crippen molar-refractivity contribution in [1.82, 2.24) is 5.32 Å². The third-order valence-corrected chi connectivity index (χ3v) is 8.25. The third kappa shape index (κ3) is 5.20. The molecule has 0 unspecified atom stereocenters. The van der Waals surface area contributed by atoms with E-state index < -0.39 is 10.0 Å². The van der Waals surface area contributed by atoms with Crippen LogP contribution in [0.4, 0.5) is 5.69 Å². The van der Waals surface area contributed by atoms with Gasteiger partial charge in [0.1, 0.15) is 11.4 Å². The summed E-state index contributed by atoms with van der Waals surface area (Å²) in [7, 11) is -3.78. The van der Waals surface area contributed by atoms with Crippen LogP contribution in [-0.4, -0.2) is 19.9 Å². The lowest BCUT2D eigenvalue weighted by Gasteiger charge is -2.41. The van der Waals surface area contributed by atoms with Crippen molar-refractivity contribution in [3.63, 3.8) is 0 Å². The Morgan fingerprint density at radius 2 is 1.69 bits per heavy atom. The molecule has 0 aromatic heterocycles. The molecule has 1 heterocycles. The van der Waals surface area contributed by atoms with Gasteiger partial charge in [0.2, 0.25) is 0 Å². The van der Waals surface area contributed by atoms with Crippen LogP contribution in [0, 0.1) is 13.8 Å². The second-order valence-corrected chi connectivity index (χ2v) is 10.9. The van der Waals surface area contributed by atoms with Gasteiger partial charge in [-0.15, -0.1) is 0 Å². The minimum Gasteiger partial charge on any atom is -0.487 e. The third-order valence-electron chi connectivity index (χ3n) is 6.87. The van der Waals surface area contributed by atoms with Gasteiger partial charge in [0, 0.05) is 17.5 Å². The predicted octanol–water partition coefficient (Wildman–Crippen LogP) is 5.92. The van der Waals surface area contributed by atoms with Crippen molar-refractivity contribution in [3.05, 3.63) is 89.0 Å². The van der Waals surface area contributed by atoms with Gasteiger partial charge in [0.05, 0.1) is 16.6 Å². The molecule has 1 aliphatic heterocycles. The summed E-state index contributed by atoms with van der Waals surface area (Å²) in [6, 6.07) is 19.3. The number of carbonyl (C=O) groups is 1. The number of nitrogens with one attached hydrogen (secondary N) is 2. The van der Waals surface area contributed by atoms with Crippen LogP contribution in [-0.2, 0) is 10.0 Å². The largest absolute Gasteiger partial charge is 0.487 e. The molecule has 4 rings (SSSR count). The minimum atomic E-state index is -3.78. The Morgan fingerprint density at radius 1 is 1.00 bits per heavy atom. The van der Waals surface area contributed by atoms with Gasteiger partial charge in [-0.2, -0.15) is 0 Å². The first-order valence-electron chi connectivity index (χ1n) is 12.0. The zero-order chi connectivity index (χ0) is 25.2. The molecule has 1 atom stereocenters. The molecule has 3 aromatic rings. The first-order chi connectivity index (χ1) is 16.7. The number of ether oxygens (including phenoxy) is 1. The van der Waals surface area contributed by atoms with Crippen LogP contribution in [0.3, 0.4) is 0 Å². The maximum atomic E-state index is 13.3. The number of rotatable bonds is 7. The van der Waals surface area contributed by atoms with Crippen molar-refractivity contribution in [2.75, 3.05) is 4.72 Å². The summed E-state index contributed by atoms with van der Waals surface area (Å²) >= 11 is 0. The quantitative estimate of drug-likeness (QED) is 0.429. The van der Waals surface area contributed by atoms with Crippen LogP contribution < -0.4 is 14.8 Å². The van der Waals surface area contributed by atoms with Crippen LogP contribution in [0.5, 0.6) is 5.75 Å². The Morgan fingerprint density at radius 3 is 2.37 bits per heavy atom. The molecule has 0 saturated heterocycles. The maximum Gasteiger partial charge on any atom is 0.261 e. The summed E-state index contributed by atoms with van der Waals surface area (Å²) in [5.41, 5.74) is 3.08. The van der Waals surface area contributed by atoms with Gasteiger partial charge in [-0.3, -0.25) is 9.52 Å². The molecular weight excluding hydrogens is 460 g/mol. The van der Waals surface area contributed by atoms with E-state index in [1.807, 2.05) is 31.2 Å². The standard InChI is InChI=1S/C28H32N2O4S/c1-5-28(6-2)18-25(23-9-7-8-10-26(23)34-28)29-27(31)21-14-13-20(4)24(17-21)30-35(32,33)22-15-11-19(3)12-16-22/h7-17,25,30H,5-6,18H2,1-4H3,(H,29,31)/t25-/m0/s1. The lowest BCUT2D eigenvalue weighted by molar-refractivity contribution is 0.0227. The van der Waals surface area contributed by atoms with Crippen molar-refractivity contribution >= 4 is 21.6 Å². The second kappa shape index (κ2) is 9.74. The van der Waals surface area contributed by atoms with E-state index in [2.05, 4.69) is 23.9 Å². The van der Waals surface area contributed by atoms with Crippen LogP contribution in [0.15, 0.2) is 71.6 Å². The van der Waals surface area contributed by atoms with E-state index in [-0.39, 0.29) is 22.4 Å². The molecule has 3 aromatic carbocycles. The highest BCUT2D eigenvalue weighted by Crippen LogP contribution is 2.42. The van der Waals surface area contributed by atoms with Crippen molar-refractivity contribution in [2.45, 2.75) is 63.5 Å². The number of carbonyl (C=O) groups excluding carboxylic acids is 1. The van der Waals surface area contributed by atoms with E-state index in [1.165, 1.54) is 0 Å². The second-order valence-electron chi connectivity index (χ2n) is 9.21. The summed E-state index contributed by atoms with van der Waals surface area (Å²) in [5.74, 6) is 0.534.